The van der Waals surface area contributed by atoms with Gasteiger partial charge < -0.3 is 9.47 Å². The molecule has 0 aliphatic rings. The summed E-state index contributed by atoms with van der Waals surface area (Å²) in [5, 5.41) is 0. The lowest BCUT2D eigenvalue weighted by atomic mass is 10.1. The normalized spacial score (nSPS) is 11.4. The first-order chi connectivity index (χ1) is 12.9. The molecule has 2 N–H and O–H groups in total. The Labute approximate surface area is 159 Å². The van der Waals surface area contributed by atoms with Crippen LogP contribution in [-0.2, 0) is 9.59 Å². The summed E-state index contributed by atoms with van der Waals surface area (Å²) in [5.41, 5.74) is 7.82. The number of nitrogens with one attached hydrogen (secondary N) is 2. The number of carbonyl (C=O) groups is 2. The maximum absolute atomic E-state index is 12.1. The molecule has 0 heterocycles. The minimum atomic E-state index is -0.742. The highest BCUT2D eigenvalue weighted by molar-refractivity contribution is 5.84. The van der Waals surface area contributed by atoms with E-state index >= 15 is 0 Å². The summed E-state index contributed by atoms with van der Waals surface area (Å²) in [4.78, 5) is 24.0. The Hall–Kier alpha value is -3.02. The van der Waals surface area contributed by atoms with Gasteiger partial charge in [-0.25, -0.2) is 0 Å². The molecule has 0 spiro atoms. The SMILES string of the molecule is Cc1ccccc1OCCC(=O)NNC(=O)[C@H](C)Oc1cccc(C)c1C. The minimum absolute atomic E-state index is 0.126. The third-order valence-corrected chi connectivity index (χ3v) is 4.23. The molecule has 2 rings (SSSR count). The molecule has 0 aliphatic heterocycles. The van der Waals surface area contributed by atoms with Crippen LogP contribution in [0.4, 0.5) is 0 Å². The lowest BCUT2D eigenvalue weighted by Gasteiger charge is -2.17. The Morgan fingerprint density at radius 3 is 2.33 bits per heavy atom. The number of hydrogen-bond donors (Lipinski definition) is 2. The van der Waals surface area contributed by atoms with Crippen LogP contribution in [0.25, 0.3) is 0 Å². The Bertz CT molecular complexity index is 805. The van der Waals surface area contributed by atoms with Gasteiger partial charge in [0.05, 0.1) is 13.0 Å². The smallest absolute Gasteiger partial charge is 0.279 e. The number of rotatable bonds is 7. The third kappa shape index (κ3) is 6.02. The summed E-state index contributed by atoms with van der Waals surface area (Å²) in [6.45, 7) is 7.70. The second-order valence-electron chi connectivity index (χ2n) is 6.36. The average molecular weight is 370 g/mol. The quantitative estimate of drug-likeness (QED) is 0.735. The summed E-state index contributed by atoms with van der Waals surface area (Å²) in [5.74, 6) is 0.625. The summed E-state index contributed by atoms with van der Waals surface area (Å²) in [7, 11) is 0. The largest absolute Gasteiger partial charge is 0.493 e. The second kappa shape index (κ2) is 9.62. The van der Waals surface area contributed by atoms with Crippen molar-refractivity contribution in [1.82, 2.24) is 10.9 Å². The second-order valence-corrected chi connectivity index (χ2v) is 6.36. The van der Waals surface area contributed by atoms with Crippen LogP contribution in [0.3, 0.4) is 0 Å². The van der Waals surface area contributed by atoms with Crippen LogP contribution >= 0.6 is 0 Å². The van der Waals surface area contributed by atoms with E-state index in [1.54, 1.807) is 6.92 Å². The molecule has 0 aliphatic carbocycles. The Balaban J connectivity index is 1.73. The van der Waals surface area contributed by atoms with E-state index in [9.17, 15) is 9.59 Å². The molecule has 6 heteroatoms. The number of hydrogen-bond acceptors (Lipinski definition) is 4. The number of hydrazine groups is 1. The van der Waals surface area contributed by atoms with E-state index in [1.165, 1.54) is 0 Å². The van der Waals surface area contributed by atoms with Crippen molar-refractivity contribution < 1.29 is 19.1 Å². The number of aryl methyl sites for hydroxylation is 2. The summed E-state index contributed by atoms with van der Waals surface area (Å²) < 4.78 is 11.3. The van der Waals surface area contributed by atoms with Gasteiger partial charge in [-0.3, -0.25) is 20.4 Å². The van der Waals surface area contributed by atoms with Gasteiger partial charge in [-0.1, -0.05) is 30.3 Å². The molecule has 27 heavy (non-hydrogen) atoms. The standard InChI is InChI=1S/C21H26N2O4/c1-14-9-7-11-19(16(14)3)27-17(4)21(25)23-22-20(24)12-13-26-18-10-6-5-8-15(18)2/h5-11,17H,12-13H2,1-4H3,(H,22,24)(H,23,25)/t17-/m0/s1. The molecule has 2 aromatic carbocycles. The zero-order chi connectivity index (χ0) is 19.8. The fourth-order valence-corrected chi connectivity index (χ4v) is 2.36. The van der Waals surface area contributed by atoms with E-state index in [-0.39, 0.29) is 18.9 Å². The van der Waals surface area contributed by atoms with Gasteiger partial charge in [-0.2, -0.15) is 0 Å². The van der Waals surface area contributed by atoms with Crippen molar-refractivity contribution in [3.63, 3.8) is 0 Å². The van der Waals surface area contributed by atoms with Crippen LogP contribution in [0.1, 0.15) is 30.0 Å². The fraction of sp³-hybridized carbons (Fsp3) is 0.333. The Kier molecular flexibility index (Phi) is 7.23. The van der Waals surface area contributed by atoms with Gasteiger partial charge in [0.15, 0.2) is 6.10 Å². The minimum Gasteiger partial charge on any atom is -0.493 e. The van der Waals surface area contributed by atoms with Gasteiger partial charge in [-0.15, -0.1) is 0 Å². The average Bonchev–Trinajstić information content (AvgIpc) is 2.65. The zero-order valence-electron chi connectivity index (χ0n) is 16.2. The zero-order valence-corrected chi connectivity index (χ0v) is 16.2. The summed E-state index contributed by atoms with van der Waals surface area (Å²) in [6.07, 6.45) is -0.616. The van der Waals surface area contributed by atoms with Gasteiger partial charge in [0, 0.05) is 0 Å². The molecular weight excluding hydrogens is 344 g/mol. The highest BCUT2D eigenvalue weighted by Crippen LogP contribution is 2.21. The Morgan fingerprint density at radius 2 is 1.59 bits per heavy atom. The maximum atomic E-state index is 12.1. The van der Waals surface area contributed by atoms with Crippen LogP contribution in [0, 0.1) is 20.8 Å². The fourth-order valence-electron chi connectivity index (χ4n) is 2.36. The molecule has 0 unspecified atom stereocenters. The molecular formula is C21H26N2O4. The maximum Gasteiger partial charge on any atom is 0.279 e. The first kappa shape index (κ1) is 20.3. The lowest BCUT2D eigenvalue weighted by molar-refractivity contribution is -0.132. The van der Waals surface area contributed by atoms with E-state index < -0.39 is 12.0 Å². The van der Waals surface area contributed by atoms with Crippen molar-refractivity contribution in [2.24, 2.45) is 0 Å². The first-order valence-corrected chi connectivity index (χ1v) is 8.88. The molecule has 1 atom stereocenters. The van der Waals surface area contributed by atoms with Gasteiger partial charge in [0.1, 0.15) is 11.5 Å². The molecule has 6 nitrogen and oxygen atoms in total. The Morgan fingerprint density at radius 1 is 0.926 bits per heavy atom. The van der Waals surface area contributed by atoms with E-state index in [4.69, 9.17) is 9.47 Å². The molecule has 0 fully saturated rings. The van der Waals surface area contributed by atoms with Gasteiger partial charge in [0.2, 0.25) is 5.91 Å². The summed E-state index contributed by atoms with van der Waals surface area (Å²) in [6, 6.07) is 13.2. The van der Waals surface area contributed by atoms with Crippen LogP contribution in [0.5, 0.6) is 11.5 Å². The number of amides is 2. The van der Waals surface area contributed by atoms with E-state index in [1.807, 2.05) is 63.2 Å². The molecule has 0 radical (unpaired) electrons. The molecule has 2 amide bonds. The third-order valence-electron chi connectivity index (χ3n) is 4.23. The lowest BCUT2D eigenvalue weighted by Crippen LogP contribution is -2.47. The number of para-hydroxylation sites is 1. The van der Waals surface area contributed by atoms with Crippen LogP contribution in [0.2, 0.25) is 0 Å². The van der Waals surface area contributed by atoms with Gasteiger partial charge >= 0.3 is 0 Å². The summed E-state index contributed by atoms with van der Waals surface area (Å²) >= 11 is 0. The molecule has 0 bridgehead atoms. The monoisotopic (exact) mass is 370 g/mol. The predicted molar refractivity (Wildman–Crippen MR) is 104 cm³/mol. The van der Waals surface area contributed by atoms with Crippen molar-refractivity contribution in [2.75, 3.05) is 6.61 Å². The van der Waals surface area contributed by atoms with Crippen molar-refractivity contribution in [3.05, 3.63) is 59.2 Å². The van der Waals surface area contributed by atoms with E-state index in [0.29, 0.717) is 5.75 Å². The number of carbonyl (C=O) groups excluding carboxylic acids is 2. The van der Waals surface area contributed by atoms with Crippen molar-refractivity contribution in [2.45, 2.75) is 40.2 Å². The number of benzene rings is 2. The van der Waals surface area contributed by atoms with Gasteiger partial charge in [0.25, 0.3) is 5.91 Å². The van der Waals surface area contributed by atoms with Gasteiger partial charge in [-0.05, 0) is 56.5 Å². The molecule has 0 aromatic heterocycles. The number of ether oxygens (including phenoxy) is 2. The van der Waals surface area contributed by atoms with Crippen molar-refractivity contribution >= 4 is 11.8 Å². The van der Waals surface area contributed by atoms with E-state index in [0.717, 1.165) is 22.4 Å². The van der Waals surface area contributed by atoms with Crippen LogP contribution in [-0.4, -0.2) is 24.5 Å². The highest BCUT2D eigenvalue weighted by Gasteiger charge is 2.16. The molecule has 0 saturated carbocycles. The first-order valence-electron chi connectivity index (χ1n) is 8.88. The van der Waals surface area contributed by atoms with Crippen LogP contribution < -0.4 is 20.3 Å². The van der Waals surface area contributed by atoms with E-state index in [2.05, 4.69) is 10.9 Å². The molecule has 144 valence electrons. The predicted octanol–water partition coefficient (Wildman–Crippen LogP) is 3.00. The van der Waals surface area contributed by atoms with Crippen LogP contribution in [0.15, 0.2) is 42.5 Å². The molecule has 2 aromatic rings. The van der Waals surface area contributed by atoms with Crippen molar-refractivity contribution in [3.8, 4) is 11.5 Å². The van der Waals surface area contributed by atoms with Crippen molar-refractivity contribution in [1.29, 1.82) is 0 Å². The topological polar surface area (TPSA) is 76.7 Å². The highest BCUT2D eigenvalue weighted by atomic mass is 16.5. The molecule has 0 saturated heterocycles.